The zero-order valence-corrected chi connectivity index (χ0v) is 9.16. The average molecular weight is 274 g/mol. The predicted octanol–water partition coefficient (Wildman–Crippen LogP) is 4.50. The molecule has 0 aromatic heterocycles. The van der Waals surface area contributed by atoms with E-state index in [0.29, 0.717) is 0 Å². The van der Waals surface area contributed by atoms with Crippen LogP contribution in [0, 0.1) is 11.2 Å². The summed E-state index contributed by atoms with van der Waals surface area (Å²) in [6, 6.07) is 3.46. The molecule has 0 radical (unpaired) electrons. The van der Waals surface area contributed by atoms with Crippen molar-refractivity contribution in [2.24, 2.45) is 5.41 Å². The second-order valence-electron chi connectivity index (χ2n) is 4.13. The van der Waals surface area contributed by atoms with Gasteiger partial charge in [0.05, 0.1) is 0 Å². The first-order chi connectivity index (χ1) is 7.97. The molecule has 0 N–H and O–H groups in total. The topological polar surface area (TPSA) is 0 Å². The van der Waals surface area contributed by atoms with Crippen molar-refractivity contribution in [3.05, 3.63) is 35.6 Å². The third-order valence-corrected chi connectivity index (χ3v) is 2.72. The first kappa shape index (κ1) is 14.8. The molecule has 0 aliphatic carbocycles. The van der Waals surface area contributed by atoms with Crippen LogP contribution in [0.3, 0.4) is 0 Å². The summed E-state index contributed by atoms with van der Waals surface area (Å²) < 4.78 is 88.0. The monoisotopic (exact) mass is 274 g/mol. The molecule has 0 aliphatic heterocycles. The number of alkyl halides is 6. The summed E-state index contributed by atoms with van der Waals surface area (Å²) in [5, 5.41) is 0. The van der Waals surface area contributed by atoms with E-state index in [4.69, 9.17) is 0 Å². The molecule has 7 heteroatoms. The molecule has 18 heavy (non-hydrogen) atoms. The molecule has 0 heterocycles. The number of hydrogen-bond acceptors (Lipinski definition) is 0. The third-order valence-electron chi connectivity index (χ3n) is 2.72. The summed E-state index contributed by atoms with van der Waals surface area (Å²) >= 11 is 0. The molecule has 0 unspecified atom stereocenters. The van der Waals surface area contributed by atoms with Crippen molar-refractivity contribution >= 4 is 0 Å². The highest BCUT2D eigenvalue weighted by Crippen LogP contribution is 2.51. The Morgan fingerprint density at radius 2 is 1.22 bits per heavy atom. The van der Waals surface area contributed by atoms with Crippen LogP contribution in [-0.2, 0) is 6.42 Å². The van der Waals surface area contributed by atoms with Gasteiger partial charge >= 0.3 is 12.4 Å². The lowest BCUT2D eigenvalue weighted by molar-refractivity contribution is -0.334. The minimum Gasteiger partial charge on any atom is -0.207 e. The van der Waals surface area contributed by atoms with E-state index in [-0.39, 0.29) is 12.5 Å². The Kier molecular flexibility index (Phi) is 3.65. The van der Waals surface area contributed by atoms with Crippen LogP contribution >= 0.6 is 0 Å². The zero-order chi connectivity index (χ0) is 14.2. The van der Waals surface area contributed by atoms with E-state index in [0.717, 1.165) is 24.3 Å². The molecule has 1 aromatic rings. The summed E-state index contributed by atoms with van der Waals surface area (Å²) in [5.74, 6) is -0.723. The Hall–Kier alpha value is -1.27. The van der Waals surface area contributed by atoms with Crippen LogP contribution in [0.1, 0.15) is 12.5 Å². The Bertz CT molecular complexity index is 385. The first-order valence-corrected chi connectivity index (χ1v) is 4.85. The molecule has 0 amide bonds. The Balaban J connectivity index is 3.12. The second-order valence-corrected chi connectivity index (χ2v) is 4.13. The van der Waals surface area contributed by atoms with Crippen molar-refractivity contribution in [2.75, 3.05) is 0 Å². The number of halogens is 7. The van der Waals surface area contributed by atoms with E-state index >= 15 is 0 Å². The van der Waals surface area contributed by atoms with Gasteiger partial charge in [-0.3, -0.25) is 0 Å². The van der Waals surface area contributed by atoms with Crippen molar-refractivity contribution in [2.45, 2.75) is 25.7 Å². The lowest BCUT2D eigenvalue weighted by Crippen LogP contribution is -2.49. The van der Waals surface area contributed by atoms with Crippen LogP contribution in [0.5, 0.6) is 0 Å². The number of rotatable bonds is 2. The molecule has 0 spiro atoms. The highest BCUT2D eigenvalue weighted by Gasteiger charge is 2.67. The van der Waals surface area contributed by atoms with Crippen LogP contribution in [-0.4, -0.2) is 12.4 Å². The molecule has 0 atom stereocenters. The van der Waals surface area contributed by atoms with Gasteiger partial charge in [0.25, 0.3) is 0 Å². The Labute approximate surface area is 98.4 Å². The molecule has 0 fully saturated rings. The lowest BCUT2D eigenvalue weighted by atomic mass is 9.82. The molecule has 0 saturated heterocycles. The smallest absolute Gasteiger partial charge is 0.207 e. The highest BCUT2D eigenvalue weighted by molar-refractivity contribution is 5.18. The fraction of sp³-hybridized carbons (Fsp3) is 0.455. The van der Waals surface area contributed by atoms with Gasteiger partial charge in [-0.2, -0.15) is 26.3 Å². The largest absolute Gasteiger partial charge is 0.403 e. The third kappa shape index (κ3) is 2.76. The summed E-state index contributed by atoms with van der Waals surface area (Å²) in [5.41, 5.74) is -4.08. The molecular formula is C11H9F7. The van der Waals surface area contributed by atoms with Crippen molar-refractivity contribution in [1.82, 2.24) is 0 Å². The molecule has 0 aliphatic rings. The van der Waals surface area contributed by atoms with Gasteiger partial charge in [0.1, 0.15) is 5.82 Å². The van der Waals surface area contributed by atoms with Gasteiger partial charge in [0.2, 0.25) is 0 Å². The summed E-state index contributed by atoms with van der Waals surface area (Å²) in [7, 11) is 0. The quantitative estimate of drug-likeness (QED) is 0.696. The van der Waals surface area contributed by atoms with Gasteiger partial charge in [0.15, 0.2) is 5.41 Å². The maximum absolute atomic E-state index is 12.6. The predicted molar refractivity (Wildman–Crippen MR) is 50.3 cm³/mol. The Morgan fingerprint density at radius 1 is 0.833 bits per heavy atom. The van der Waals surface area contributed by atoms with Gasteiger partial charge in [-0.15, -0.1) is 0 Å². The van der Waals surface area contributed by atoms with Gasteiger partial charge in [-0.05, 0) is 31.0 Å². The number of benzene rings is 1. The molecule has 1 rings (SSSR count). The summed E-state index contributed by atoms with van der Waals surface area (Å²) in [6.45, 7) is 0.0936. The van der Waals surface area contributed by atoms with Gasteiger partial charge < -0.3 is 0 Å². The van der Waals surface area contributed by atoms with Crippen LogP contribution in [0.15, 0.2) is 24.3 Å². The lowest BCUT2D eigenvalue weighted by Gasteiger charge is -2.34. The standard InChI is InChI=1S/C11H9F7/c1-9(10(13,14)15,11(16,17)18)6-7-2-4-8(12)5-3-7/h2-5H,6H2,1H3. The van der Waals surface area contributed by atoms with Gasteiger partial charge in [-0.1, -0.05) is 12.1 Å². The Morgan fingerprint density at radius 3 is 1.56 bits per heavy atom. The molecule has 0 saturated carbocycles. The van der Waals surface area contributed by atoms with E-state index in [9.17, 15) is 30.7 Å². The van der Waals surface area contributed by atoms with Crippen molar-refractivity contribution in [3.63, 3.8) is 0 Å². The molecule has 1 aromatic carbocycles. The molecule has 102 valence electrons. The van der Waals surface area contributed by atoms with E-state index in [1.807, 2.05) is 0 Å². The van der Waals surface area contributed by atoms with Crippen molar-refractivity contribution < 1.29 is 30.7 Å². The van der Waals surface area contributed by atoms with Crippen LogP contribution < -0.4 is 0 Å². The van der Waals surface area contributed by atoms with Crippen LogP contribution in [0.25, 0.3) is 0 Å². The maximum Gasteiger partial charge on any atom is 0.403 e. The highest BCUT2D eigenvalue weighted by atomic mass is 19.4. The fourth-order valence-electron chi connectivity index (χ4n) is 1.37. The van der Waals surface area contributed by atoms with E-state index in [1.165, 1.54) is 0 Å². The maximum atomic E-state index is 12.6. The van der Waals surface area contributed by atoms with Crippen molar-refractivity contribution in [1.29, 1.82) is 0 Å². The SMILES string of the molecule is CC(Cc1ccc(F)cc1)(C(F)(F)F)C(F)(F)F. The van der Waals surface area contributed by atoms with Crippen molar-refractivity contribution in [3.8, 4) is 0 Å². The summed E-state index contributed by atoms with van der Waals surface area (Å²) in [6.07, 6.45) is -12.1. The van der Waals surface area contributed by atoms with Crippen LogP contribution in [0.2, 0.25) is 0 Å². The zero-order valence-electron chi connectivity index (χ0n) is 9.16. The van der Waals surface area contributed by atoms with E-state index in [1.54, 1.807) is 0 Å². The first-order valence-electron chi connectivity index (χ1n) is 4.85. The second kappa shape index (κ2) is 4.44. The molecule has 0 nitrogen and oxygen atoms in total. The fourth-order valence-corrected chi connectivity index (χ4v) is 1.37. The van der Waals surface area contributed by atoms with Crippen LogP contribution in [0.4, 0.5) is 30.7 Å². The molecular weight excluding hydrogens is 265 g/mol. The normalized spacial score (nSPS) is 13.8. The summed E-state index contributed by atoms with van der Waals surface area (Å²) in [4.78, 5) is 0. The van der Waals surface area contributed by atoms with E-state index in [2.05, 4.69) is 0 Å². The average Bonchev–Trinajstić information content (AvgIpc) is 2.18. The molecule has 0 bridgehead atoms. The number of hydrogen-bond donors (Lipinski definition) is 0. The minimum atomic E-state index is -5.43. The minimum absolute atomic E-state index is 0.0936. The van der Waals surface area contributed by atoms with Gasteiger partial charge in [0, 0.05) is 0 Å². The van der Waals surface area contributed by atoms with E-state index < -0.39 is 30.0 Å². The van der Waals surface area contributed by atoms with Gasteiger partial charge in [-0.25, -0.2) is 4.39 Å².